The van der Waals surface area contributed by atoms with Crippen LogP contribution in [0.15, 0.2) is 17.0 Å². The van der Waals surface area contributed by atoms with Crippen LogP contribution in [-0.4, -0.2) is 53.7 Å². The van der Waals surface area contributed by atoms with Crippen LogP contribution in [0, 0.1) is 0 Å². The number of nitrogens with one attached hydrogen (secondary N) is 1. The normalized spacial score (nSPS) is 19.7. The van der Waals surface area contributed by atoms with Crippen molar-refractivity contribution in [1.29, 1.82) is 0 Å². The number of nitrogen functional groups attached to an aromatic ring is 1. The maximum atomic E-state index is 12.5. The first kappa shape index (κ1) is 15.9. The predicted molar refractivity (Wildman–Crippen MR) is 80.2 cm³/mol. The van der Waals surface area contributed by atoms with E-state index < -0.39 is 10.0 Å². The van der Waals surface area contributed by atoms with E-state index in [9.17, 15) is 8.42 Å². The Balaban J connectivity index is 2.33. The molecule has 0 radical (unpaired) electrons. The van der Waals surface area contributed by atoms with Crippen molar-refractivity contribution in [2.75, 3.05) is 40.1 Å². The van der Waals surface area contributed by atoms with Gasteiger partial charge in [0, 0.05) is 18.7 Å². The Morgan fingerprint density at radius 1 is 1.29 bits per heavy atom. The molecule has 1 atom stereocenters. The largest absolute Gasteiger partial charge is 0.495 e. The minimum Gasteiger partial charge on any atom is -0.495 e. The van der Waals surface area contributed by atoms with Crippen molar-refractivity contribution in [2.24, 2.45) is 0 Å². The van der Waals surface area contributed by atoms with Crippen LogP contribution in [0.3, 0.4) is 0 Å². The summed E-state index contributed by atoms with van der Waals surface area (Å²) < 4.78 is 38.0. The van der Waals surface area contributed by atoms with Crippen LogP contribution >= 0.6 is 0 Å². The van der Waals surface area contributed by atoms with Crippen molar-refractivity contribution >= 4 is 15.7 Å². The standard InChI is InChI=1S/C13H21N3O4S/c1-16-5-4-9(8-16)15-21(17,18)13-6-10(14)11(19-2)7-12(13)20-3/h6-7,9,15H,4-5,8,14H2,1-3H3. The molecule has 0 saturated carbocycles. The van der Waals surface area contributed by atoms with Crippen LogP contribution in [0.4, 0.5) is 5.69 Å². The molecular weight excluding hydrogens is 294 g/mol. The molecule has 0 spiro atoms. The number of hydrogen-bond acceptors (Lipinski definition) is 6. The molecule has 0 bridgehead atoms. The SMILES string of the molecule is COc1cc(OC)c(S(=O)(=O)NC2CCN(C)C2)cc1N. The van der Waals surface area contributed by atoms with Crippen LogP contribution in [-0.2, 0) is 10.0 Å². The molecule has 2 rings (SSSR count). The molecule has 0 amide bonds. The van der Waals surface area contributed by atoms with E-state index in [2.05, 4.69) is 9.62 Å². The number of sulfonamides is 1. The lowest BCUT2D eigenvalue weighted by Crippen LogP contribution is -2.36. The van der Waals surface area contributed by atoms with Gasteiger partial charge in [0.05, 0.1) is 19.9 Å². The molecule has 1 aliphatic heterocycles. The number of rotatable bonds is 5. The predicted octanol–water partition coefficient (Wildman–Crippen LogP) is 0.268. The van der Waals surface area contributed by atoms with Crippen LogP contribution in [0.1, 0.15) is 6.42 Å². The summed E-state index contributed by atoms with van der Waals surface area (Å²) >= 11 is 0. The van der Waals surface area contributed by atoms with E-state index in [1.54, 1.807) is 0 Å². The van der Waals surface area contributed by atoms with Gasteiger partial charge in [0.15, 0.2) is 0 Å². The lowest BCUT2D eigenvalue weighted by Gasteiger charge is -2.16. The maximum Gasteiger partial charge on any atom is 0.244 e. The lowest BCUT2D eigenvalue weighted by molar-refractivity contribution is 0.386. The van der Waals surface area contributed by atoms with Crippen molar-refractivity contribution in [2.45, 2.75) is 17.4 Å². The van der Waals surface area contributed by atoms with Gasteiger partial charge >= 0.3 is 0 Å². The fraction of sp³-hybridized carbons (Fsp3) is 0.538. The Kier molecular flexibility index (Phi) is 4.60. The number of nitrogens with two attached hydrogens (primary N) is 1. The molecule has 1 heterocycles. The molecule has 3 N–H and O–H groups in total. The average molecular weight is 315 g/mol. The molecule has 1 unspecified atom stereocenters. The van der Waals surface area contributed by atoms with E-state index >= 15 is 0 Å². The summed E-state index contributed by atoms with van der Waals surface area (Å²) in [5.74, 6) is 0.589. The van der Waals surface area contributed by atoms with Gasteiger partial charge in [0.1, 0.15) is 16.4 Å². The van der Waals surface area contributed by atoms with Crippen LogP contribution < -0.4 is 19.9 Å². The summed E-state index contributed by atoms with van der Waals surface area (Å²) in [4.78, 5) is 2.10. The summed E-state index contributed by atoms with van der Waals surface area (Å²) in [7, 11) is 1.14. The minimum absolute atomic E-state index is 0.0258. The van der Waals surface area contributed by atoms with Gasteiger partial charge in [-0.05, 0) is 26.1 Å². The topological polar surface area (TPSA) is 93.9 Å². The highest BCUT2D eigenvalue weighted by Gasteiger charge is 2.28. The van der Waals surface area contributed by atoms with Gasteiger partial charge in [-0.3, -0.25) is 0 Å². The second-order valence-electron chi connectivity index (χ2n) is 5.11. The number of likely N-dealkylation sites (tertiary alicyclic amines) is 1. The number of hydrogen-bond donors (Lipinski definition) is 2. The Morgan fingerprint density at radius 3 is 2.48 bits per heavy atom. The molecule has 1 aromatic rings. The van der Waals surface area contributed by atoms with Crippen molar-refractivity contribution in [3.8, 4) is 11.5 Å². The molecule has 1 aromatic carbocycles. The summed E-state index contributed by atoms with van der Waals surface area (Å²) in [6.45, 7) is 1.56. The molecule has 7 nitrogen and oxygen atoms in total. The van der Waals surface area contributed by atoms with E-state index in [1.807, 2.05) is 7.05 Å². The van der Waals surface area contributed by atoms with E-state index in [0.717, 1.165) is 13.0 Å². The zero-order chi connectivity index (χ0) is 15.6. The summed E-state index contributed by atoms with van der Waals surface area (Å²) in [5, 5.41) is 0. The zero-order valence-corrected chi connectivity index (χ0v) is 13.2. The fourth-order valence-corrected chi connectivity index (χ4v) is 3.86. The van der Waals surface area contributed by atoms with E-state index in [-0.39, 0.29) is 22.4 Å². The maximum absolute atomic E-state index is 12.5. The molecule has 0 aromatic heterocycles. The third-order valence-electron chi connectivity index (χ3n) is 3.52. The van der Waals surface area contributed by atoms with E-state index in [0.29, 0.717) is 12.3 Å². The fourth-order valence-electron chi connectivity index (χ4n) is 2.42. The number of ether oxygens (including phenoxy) is 2. The quantitative estimate of drug-likeness (QED) is 0.758. The molecule has 118 valence electrons. The molecule has 8 heteroatoms. The van der Waals surface area contributed by atoms with Crippen molar-refractivity contribution < 1.29 is 17.9 Å². The monoisotopic (exact) mass is 315 g/mol. The van der Waals surface area contributed by atoms with Crippen LogP contribution in [0.25, 0.3) is 0 Å². The van der Waals surface area contributed by atoms with Gasteiger partial charge in [0.2, 0.25) is 10.0 Å². The van der Waals surface area contributed by atoms with Crippen LogP contribution in [0.5, 0.6) is 11.5 Å². The summed E-state index contributed by atoms with van der Waals surface area (Å²) in [6.07, 6.45) is 0.781. The molecule has 1 aliphatic rings. The average Bonchev–Trinajstić information content (AvgIpc) is 2.83. The number of methoxy groups -OCH3 is 2. The van der Waals surface area contributed by atoms with Crippen molar-refractivity contribution in [3.05, 3.63) is 12.1 Å². The Morgan fingerprint density at radius 2 is 1.95 bits per heavy atom. The Bertz CT molecular complexity index is 618. The van der Waals surface area contributed by atoms with Gasteiger partial charge < -0.3 is 20.1 Å². The second kappa shape index (κ2) is 6.08. The van der Waals surface area contributed by atoms with Gasteiger partial charge in [-0.25, -0.2) is 13.1 Å². The van der Waals surface area contributed by atoms with Gasteiger partial charge in [-0.1, -0.05) is 0 Å². The van der Waals surface area contributed by atoms with Gasteiger partial charge in [-0.2, -0.15) is 0 Å². The number of anilines is 1. The molecule has 1 fully saturated rings. The summed E-state index contributed by atoms with van der Waals surface area (Å²) in [5.41, 5.74) is 6.05. The number of likely N-dealkylation sites (N-methyl/N-ethyl adjacent to an activating group) is 1. The highest BCUT2D eigenvalue weighted by molar-refractivity contribution is 7.89. The lowest BCUT2D eigenvalue weighted by atomic mass is 10.3. The summed E-state index contributed by atoms with van der Waals surface area (Å²) in [6, 6.07) is 2.73. The third kappa shape index (κ3) is 3.39. The highest BCUT2D eigenvalue weighted by Crippen LogP contribution is 2.33. The minimum atomic E-state index is -3.69. The van der Waals surface area contributed by atoms with E-state index in [4.69, 9.17) is 15.2 Å². The number of nitrogens with zero attached hydrogens (tertiary/aromatic N) is 1. The van der Waals surface area contributed by atoms with E-state index in [1.165, 1.54) is 26.4 Å². The van der Waals surface area contributed by atoms with Crippen molar-refractivity contribution in [1.82, 2.24) is 9.62 Å². The molecule has 1 saturated heterocycles. The molecule has 21 heavy (non-hydrogen) atoms. The highest BCUT2D eigenvalue weighted by atomic mass is 32.2. The van der Waals surface area contributed by atoms with Gasteiger partial charge in [0.25, 0.3) is 0 Å². The van der Waals surface area contributed by atoms with Gasteiger partial charge in [-0.15, -0.1) is 0 Å². The second-order valence-corrected chi connectivity index (χ2v) is 6.80. The Hall–Kier alpha value is -1.51. The number of benzene rings is 1. The molecule has 0 aliphatic carbocycles. The smallest absolute Gasteiger partial charge is 0.244 e. The zero-order valence-electron chi connectivity index (χ0n) is 12.4. The third-order valence-corrected chi connectivity index (χ3v) is 5.06. The molecular formula is C13H21N3O4S. The first-order valence-electron chi connectivity index (χ1n) is 6.59. The van der Waals surface area contributed by atoms with Crippen LogP contribution in [0.2, 0.25) is 0 Å². The van der Waals surface area contributed by atoms with Crippen molar-refractivity contribution in [3.63, 3.8) is 0 Å². The first-order chi connectivity index (χ1) is 9.87. The first-order valence-corrected chi connectivity index (χ1v) is 8.08. The Labute approximate surface area is 125 Å².